The fraction of sp³-hybridized carbons (Fsp3) is 0.522. The lowest BCUT2D eigenvalue weighted by atomic mass is 9.85. The third-order valence-electron chi connectivity index (χ3n) is 6.29. The van der Waals surface area contributed by atoms with Crippen LogP contribution in [0.3, 0.4) is 0 Å². The highest BCUT2D eigenvalue weighted by Crippen LogP contribution is 2.35. The van der Waals surface area contributed by atoms with Crippen molar-refractivity contribution in [1.29, 1.82) is 0 Å². The summed E-state index contributed by atoms with van der Waals surface area (Å²) in [5.41, 5.74) is 0. The first-order valence-electron chi connectivity index (χ1n) is 11.5. The van der Waals surface area contributed by atoms with E-state index in [0.29, 0.717) is 44.9 Å². The largest absolute Gasteiger partial charge is 0.492 e. The summed E-state index contributed by atoms with van der Waals surface area (Å²) < 4.78 is 37.5. The van der Waals surface area contributed by atoms with Gasteiger partial charge in [-0.1, -0.05) is 12.2 Å². The molecule has 2 atom stereocenters. The number of carbonyl (C=O) groups excluding carboxylic acids is 3. The molecule has 1 aromatic carbocycles. The van der Waals surface area contributed by atoms with Crippen molar-refractivity contribution in [3.8, 4) is 5.75 Å². The third-order valence-corrected chi connectivity index (χ3v) is 8.20. The molecule has 10 nitrogen and oxygen atoms in total. The van der Waals surface area contributed by atoms with Gasteiger partial charge in [-0.25, -0.2) is 8.42 Å². The molecule has 0 aromatic heterocycles. The number of sulfonamides is 1. The van der Waals surface area contributed by atoms with Gasteiger partial charge in [-0.3, -0.25) is 19.3 Å². The normalized spacial score (nSPS) is 23.1. The van der Waals surface area contributed by atoms with Crippen LogP contribution >= 0.6 is 0 Å². The Kier molecular flexibility index (Phi) is 7.64. The monoisotopic (exact) mass is 491 g/mol. The molecule has 0 spiro atoms. The number of amides is 3. The van der Waals surface area contributed by atoms with E-state index in [9.17, 15) is 22.8 Å². The topological polar surface area (TPSA) is 122 Å². The quantitative estimate of drug-likeness (QED) is 0.304. The Morgan fingerprint density at radius 1 is 1.03 bits per heavy atom. The van der Waals surface area contributed by atoms with Crippen molar-refractivity contribution in [2.75, 3.05) is 46.0 Å². The maximum Gasteiger partial charge on any atom is 0.243 e. The second-order valence-corrected chi connectivity index (χ2v) is 10.4. The average Bonchev–Trinajstić information content (AvgIpc) is 3.11. The number of benzene rings is 1. The first-order chi connectivity index (χ1) is 16.4. The van der Waals surface area contributed by atoms with Gasteiger partial charge >= 0.3 is 0 Å². The summed E-state index contributed by atoms with van der Waals surface area (Å²) in [6.45, 7) is 1.95. The lowest BCUT2D eigenvalue weighted by Crippen LogP contribution is -2.40. The second kappa shape index (κ2) is 10.7. The molecule has 0 radical (unpaired) electrons. The molecule has 4 rings (SSSR count). The Morgan fingerprint density at radius 2 is 1.65 bits per heavy atom. The number of hydrogen-bond acceptors (Lipinski definition) is 7. The Bertz CT molecular complexity index is 1020. The summed E-state index contributed by atoms with van der Waals surface area (Å²) in [6, 6.07) is 6.15. The van der Waals surface area contributed by atoms with Crippen molar-refractivity contribution >= 4 is 27.7 Å². The van der Waals surface area contributed by atoms with Crippen molar-refractivity contribution in [1.82, 2.24) is 14.5 Å². The molecule has 3 amide bonds. The minimum Gasteiger partial charge on any atom is -0.492 e. The van der Waals surface area contributed by atoms with Crippen molar-refractivity contribution < 1.29 is 32.3 Å². The van der Waals surface area contributed by atoms with Crippen LogP contribution in [0.15, 0.2) is 41.3 Å². The molecule has 1 N–H and O–H groups in total. The van der Waals surface area contributed by atoms with Crippen LogP contribution in [0.4, 0.5) is 0 Å². The minimum atomic E-state index is -3.56. The number of fused-ring (bicyclic) bond motifs is 1. The number of allylic oxidation sites excluding steroid dienone is 2. The average molecular weight is 492 g/mol. The van der Waals surface area contributed by atoms with Gasteiger partial charge in [-0.05, 0) is 37.1 Å². The number of likely N-dealkylation sites (tertiary alicyclic amines) is 1. The van der Waals surface area contributed by atoms with Gasteiger partial charge in [0.15, 0.2) is 0 Å². The van der Waals surface area contributed by atoms with Gasteiger partial charge in [0.25, 0.3) is 0 Å². The van der Waals surface area contributed by atoms with Crippen LogP contribution in [0.2, 0.25) is 0 Å². The molecule has 1 aromatic rings. The summed E-state index contributed by atoms with van der Waals surface area (Å²) in [7, 11) is -3.56. The number of hydrogen-bond donors (Lipinski definition) is 1. The van der Waals surface area contributed by atoms with Crippen molar-refractivity contribution in [2.45, 2.75) is 24.2 Å². The molecule has 0 bridgehead atoms. The number of carbonyl (C=O) groups is 3. The third kappa shape index (κ3) is 5.31. The van der Waals surface area contributed by atoms with E-state index < -0.39 is 10.0 Å². The summed E-state index contributed by atoms with van der Waals surface area (Å²) >= 11 is 0. The molecule has 2 aliphatic heterocycles. The van der Waals surface area contributed by atoms with E-state index in [1.54, 1.807) is 12.1 Å². The lowest BCUT2D eigenvalue weighted by molar-refractivity contribution is -0.140. The number of nitrogens with one attached hydrogen (secondary N) is 1. The van der Waals surface area contributed by atoms with Crippen molar-refractivity contribution in [3.63, 3.8) is 0 Å². The first-order valence-corrected chi connectivity index (χ1v) is 12.9. The molecule has 0 unspecified atom stereocenters. The van der Waals surface area contributed by atoms with Crippen LogP contribution in [0.25, 0.3) is 0 Å². The number of nitrogens with zero attached hydrogens (tertiary/aromatic N) is 2. The molecule has 2 heterocycles. The fourth-order valence-corrected chi connectivity index (χ4v) is 5.80. The van der Waals surface area contributed by atoms with Gasteiger partial charge in [0, 0.05) is 26.1 Å². The zero-order valence-corrected chi connectivity index (χ0v) is 19.7. The molecule has 1 aliphatic carbocycles. The Hall–Kier alpha value is -2.76. The lowest BCUT2D eigenvalue weighted by Gasteiger charge is -2.26. The minimum absolute atomic E-state index is 0.0401. The Balaban J connectivity index is 1.17. The second-order valence-electron chi connectivity index (χ2n) is 8.42. The summed E-state index contributed by atoms with van der Waals surface area (Å²) in [4.78, 5) is 38.4. The summed E-state index contributed by atoms with van der Waals surface area (Å²) in [5, 5.41) is 2.71. The molecular formula is C23H29N3O7S. The number of rotatable bonds is 9. The summed E-state index contributed by atoms with van der Waals surface area (Å²) in [5.74, 6) is -0.735. The molecule has 0 saturated carbocycles. The highest BCUT2D eigenvalue weighted by Gasteiger charge is 2.46. The van der Waals surface area contributed by atoms with Crippen molar-refractivity contribution in [3.05, 3.63) is 36.4 Å². The molecule has 184 valence electrons. The van der Waals surface area contributed by atoms with Crippen molar-refractivity contribution in [2.24, 2.45) is 11.8 Å². The van der Waals surface area contributed by atoms with E-state index in [-0.39, 0.29) is 60.6 Å². The van der Waals surface area contributed by atoms with Gasteiger partial charge in [-0.15, -0.1) is 0 Å². The van der Waals surface area contributed by atoms with Crippen LogP contribution in [-0.2, 0) is 29.1 Å². The molecule has 34 heavy (non-hydrogen) atoms. The molecule has 3 aliphatic rings. The van der Waals surface area contributed by atoms with Crippen LogP contribution in [0.1, 0.15) is 19.3 Å². The van der Waals surface area contributed by atoms with Gasteiger partial charge in [0.05, 0.1) is 36.5 Å². The molecule has 11 heteroatoms. The van der Waals surface area contributed by atoms with Crippen LogP contribution in [0, 0.1) is 11.8 Å². The van der Waals surface area contributed by atoms with E-state index >= 15 is 0 Å². The van der Waals surface area contributed by atoms with Gasteiger partial charge in [0.2, 0.25) is 27.7 Å². The van der Waals surface area contributed by atoms with E-state index in [1.165, 1.54) is 21.3 Å². The predicted molar refractivity (Wildman–Crippen MR) is 121 cm³/mol. The fourth-order valence-electron chi connectivity index (χ4n) is 4.39. The van der Waals surface area contributed by atoms with Crippen LogP contribution < -0.4 is 10.1 Å². The zero-order chi connectivity index (χ0) is 24.1. The zero-order valence-electron chi connectivity index (χ0n) is 18.9. The van der Waals surface area contributed by atoms with E-state index in [1.807, 2.05) is 12.2 Å². The molecule has 2 fully saturated rings. The molecular weight excluding hydrogens is 462 g/mol. The van der Waals surface area contributed by atoms with E-state index in [2.05, 4.69) is 5.32 Å². The van der Waals surface area contributed by atoms with Crippen LogP contribution in [0.5, 0.6) is 5.75 Å². The molecule has 2 saturated heterocycles. The van der Waals surface area contributed by atoms with Gasteiger partial charge in [-0.2, -0.15) is 4.31 Å². The van der Waals surface area contributed by atoms with Gasteiger partial charge < -0.3 is 14.8 Å². The van der Waals surface area contributed by atoms with E-state index in [4.69, 9.17) is 9.47 Å². The Labute approximate surface area is 198 Å². The number of ether oxygens (including phenoxy) is 2. The summed E-state index contributed by atoms with van der Waals surface area (Å²) in [6.07, 6.45) is 5.06. The maximum atomic E-state index is 12.6. The first kappa shape index (κ1) is 24.4. The maximum absolute atomic E-state index is 12.6. The van der Waals surface area contributed by atoms with E-state index in [0.717, 1.165) is 0 Å². The van der Waals surface area contributed by atoms with Gasteiger partial charge in [0.1, 0.15) is 12.4 Å². The Morgan fingerprint density at radius 3 is 2.26 bits per heavy atom. The highest BCUT2D eigenvalue weighted by atomic mass is 32.2. The number of imide groups is 1. The highest BCUT2D eigenvalue weighted by molar-refractivity contribution is 7.89. The smallest absolute Gasteiger partial charge is 0.243 e. The predicted octanol–water partition coefficient (Wildman–Crippen LogP) is 0.544. The standard InChI is InChI=1S/C23H29N3O7S/c27-21(9-11-26-22(28)19-3-1-2-4-20(19)23(26)29)24-10-14-33-17-5-7-18(8-6-17)34(30,31)25-12-15-32-16-13-25/h1-2,5-8,19-20H,3-4,9-16H2,(H,24,27)/t19-,20+. The SMILES string of the molecule is O=C(CCN1C(=O)[C@H]2CC=CC[C@H]2C1=O)NCCOc1ccc(S(=O)(=O)N2CCOCC2)cc1. The van der Waals surface area contributed by atoms with Crippen LogP contribution in [-0.4, -0.2) is 81.3 Å². The number of morpholine rings is 1.